The highest BCUT2D eigenvalue weighted by molar-refractivity contribution is 8.08. The smallest absolute Gasteiger partial charge is 0.252 e. The van der Waals surface area contributed by atoms with E-state index in [9.17, 15) is 18.2 Å². The third-order valence-electron chi connectivity index (χ3n) is 5.31. The van der Waals surface area contributed by atoms with Gasteiger partial charge < -0.3 is 10.6 Å². The molecule has 0 aliphatic heterocycles. The molecule has 3 aromatic carbocycles. The molecule has 1 aliphatic rings. The molecule has 0 bridgehead atoms. The van der Waals surface area contributed by atoms with Crippen LogP contribution in [0, 0.1) is 5.82 Å². The number of nitrogens with one attached hydrogen (secondary N) is 2. The van der Waals surface area contributed by atoms with Crippen molar-refractivity contribution in [1.29, 1.82) is 0 Å². The van der Waals surface area contributed by atoms with Gasteiger partial charge in [-0.05, 0) is 71.2 Å². The first-order valence-electron chi connectivity index (χ1n) is 9.51. The highest BCUT2D eigenvalue weighted by Crippen LogP contribution is 2.52. The van der Waals surface area contributed by atoms with Gasteiger partial charge in [0.25, 0.3) is 11.8 Å². The van der Waals surface area contributed by atoms with Crippen LogP contribution in [0.25, 0.3) is 0 Å². The molecular formula is C23H18ClFN2O3S. The number of carbonyl (C=O) groups excluding carboxylic acids is 2. The van der Waals surface area contributed by atoms with Crippen molar-refractivity contribution in [2.75, 3.05) is 5.32 Å². The van der Waals surface area contributed by atoms with Gasteiger partial charge in [-0.25, -0.2) is 8.60 Å². The predicted molar refractivity (Wildman–Crippen MR) is 118 cm³/mol. The van der Waals surface area contributed by atoms with Gasteiger partial charge in [-0.3, -0.25) is 9.59 Å². The highest BCUT2D eigenvalue weighted by Gasteiger charge is 2.61. The van der Waals surface area contributed by atoms with E-state index < -0.39 is 27.3 Å². The molecule has 1 fully saturated rings. The molecule has 1 saturated carbocycles. The Hall–Kier alpha value is -3.03. The van der Waals surface area contributed by atoms with E-state index in [0.29, 0.717) is 17.0 Å². The predicted octanol–water partition coefficient (Wildman–Crippen LogP) is 4.38. The van der Waals surface area contributed by atoms with Crippen molar-refractivity contribution in [3.8, 4) is 0 Å². The zero-order valence-corrected chi connectivity index (χ0v) is 17.8. The molecule has 0 aromatic heterocycles. The van der Waals surface area contributed by atoms with Gasteiger partial charge in [0.05, 0.1) is 4.90 Å². The molecule has 0 heterocycles. The van der Waals surface area contributed by atoms with Crippen molar-refractivity contribution < 1.29 is 18.2 Å². The molecule has 8 heteroatoms. The van der Waals surface area contributed by atoms with Gasteiger partial charge >= 0.3 is 0 Å². The Morgan fingerprint density at radius 1 is 0.968 bits per heavy atom. The summed E-state index contributed by atoms with van der Waals surface area (Å²) in [5.74, 6) is -1.47. The van der Waals surface area contributed by atoms with E-state index in [1.807, 2.05) is 30.3 Å². The Morgan fingerprint density at radius 2 is 1.61 bits per heavy atom. The van der Waals surface area contributed by atoms with Crippen LogP contribution in [0.5, 0.6) is 0 Å². The van der Waals surface area contributed by atoms with Gasteiger partial charge in [-0.2, -0.15) is 0 Å². The van der Waals surface area contributed by atoms with Gasteiger partial charge in [0.15, 0.2) is 0 Å². The molecular weight excluding hydrogens is 439 g/mol. The fourth-order valence-corrected chi connectivity index (χ4v) is 4.22. The van der Waals surface area contributed by atoms with E-state index in [0.717, 1.165) is 5.56 Å². The van der Waals surface area contributed by atoms with Crippen LogP contribution in [0.2, 0.25) is 0 Å². The number of hydrogen-bond donors (Lipinski definition) is 2. The summed E-state index contributed by atoms with van der Waals surface area (Å²) < 4.78 is 24.6. The summed E-state index contributed by atoms with van der Waals surface area (Å²) in [5.41, 5.74) is 0.553. The summed E-state index contributed by atoms with van der Waals surface area (Å²) >= 11 is 0. The number of anilines is 1. The van der Waals surface area contributed by atoms with Crippen molar-refractivity contribution in [2.45, 2.75) is 22.8 Å². The van der Waals surface area contributed by atoms with E-state index in [-0.39, 0.29) is 17.4 Å². The zero-order valence-electron chi connectivity index (χ0n) is 16.2. The van der Waals surface area contributed by atoms with Crippen molar-refractivity contribution >= 4 is 38.2 Å². The maximum absolute atomic E-state index is 13.2. The van der Waals surface area contributed by atoms with Crippen molar-refractivity contribution in [3.63, 3.8) is 0 Å². The molecule has 2 amide bonds. The van der Waals surface area contributed by atoms with E-state index in [2.05, 4.69) is 10.6 Å². The molecule has 1 aliphatic carbocycles. The molecule has 3 unspecified atom stereocenters. The Morgan fingerprint density at radius 3 is 2.23 bits per heavy atom. The average Bonchev–Trinajstić information content (AvgIpc) is 3.50. The molecule has 4 rings (SSSR count). The maximum Gasteiger partial charge on any atom is 0.252 e. The lowest BCUT2D eigenvalue weighted by Gasteiger charge is -2.20. The molecule has 0 spiro atoms. The fraction of sp³-hybridized carbons (Fsp3) is 0.130. The molecule has 0 radical (unpaired) electrons. The third kappa shape index (κ3) is 4.52. The van der Waals surface area contributed by atoms with Crippen LogP contribution in [0.3, 0.4) is 0 Å². The lowest BCUT2D eigenvalue weighted by atomic mass is 10.0. The van der Waals surface area contributed by atoms with Crippen molar-refractivity contribution in [2.24, 2.45) is 0 Å². The first-order chi connectivity index (χ1) is 14.9. The highest BCUT2D eigenvalue weighted by atomic mass is 35.7. The van der Waals surface area contributed by atoms with Crippen LogP contribution in [-0.2, 0) is 14.8 Å². The Labute approximate surface area is 185 Å². The number of halogens is 2. The molecule has 2 N–H and O–H groups in total. The molecule has 3 aromatic rings. The molecule has 0 saturated heterocycles. The SMILES string of the molecule is O=C(NC1(C(=O)Nc2ccc(S(=O)Cl)cc2)CC1c1ccccc1)c1ccc(F)cc1. The Balaban J connectivity index is 1.58. The monoisotopic (exact) mass is 456 g/mol. The van der Waals surface area contributed by atoms with Crippen LogP contribution in [-0.4, -0.2) is 21.6 Å². The number of amides is 2. The second kappa shape index (κ2) is 8.61. The van der Waals surface area contributed by atoms with Crippen LogP contribution < -0.4 is 10.6 Å². The third-order valence-corrected chi connectivity index (χ3v) is 6.49. The van der Waals surface area contributed by atoms with Gasteiger partial charge in [0.1, 0.15) is 21.4 Å². The first-order valence-corrected chi connectivity index (χ1v) is 11.5. The standard InChI is InChI=1S/C23H18ClFN2O3S/c24-31(30)19-12-10-18(11-13-19)26-22(29)23(14-20(23)15-4-2-1-3-5-15)27-21(28)16-6-8-17(25)9-7-16/h1-13,20H,14H2,(H,26,29)(H,27,28). The van der Waals surface area contributed by atoms with E-state index >= 15 is 0 Å². The van der Waals surface area contributed by atoms with E-state index in [1.165, 1.54) is 24.3 Å². The van der Waals surface area contributed by atoms with Crippen LogP contribution in [0.15, 0.2) is 83.8 Å². The zero-order chi connectivity index (χ0) is 22.0. The van der Waals surface area contributed by atoms with Gasteiger partial charge in [0, 0.05) is 17.2 Å². The van der Waals surface area contributed by atoms with Crippen LogP contribution in [0.1, 0.15) is 28.3 Å². The van der Waals surface area contributed by atoms with Gasteiger partial charge in [-0.1, -0.05) is 30.3 Å². The lowest BCUT2D eigenvalue weighted by molar-refractivity contribution is -0.119. The number of carbonyl (C=O) groups is 2. The maximum atomic E-state index is 13.2. The first kappa shape index (κ1) is 21.2. The molecule has 31 heavy (non-hydrogen) atoms. The molecule has 158 valence electrons. The summed E-state index contributed by atoms with van der Waals surface area (Å²) in [7, 11) is 3.93. The number of rotatable bonds is 6. The largest absolute Gasteiger partial charge is 0.337 e. The van der Waals surface area contributed by atoms with E-state index in [1.54, 1.807) is 24.3 Å². The quantitative estimate of drug-likeness (QED) is 0.540. The van der Waals surface area contributed by atoms with Gasteiger partial charge in [0.2, 0.25) is 0 Å². The molecule has 5 nitrogen and oxygen atoms in total. The molecule has 3 atom stereocenters. The summed E-state index contributed by atoms with van der Waals surface area (Å²) in [6, 6.07) is 20.9. The minimum atomic E-state index is -1.64. The summed E-state index contributed by atoms with van der Waals surface area (Å²) in [6.07, 6.45) is 0.430. The fourth-order valence-electron chi connectivity index (χ4n) is 3.56. The Kier molecular flexibility index (Phi) is 5.89. The lowest BCUT2D eigenvalue weighted by Crippen LogP contribution is -2.47. The summed E-state index contributed by atoms with van der Waals surface area (Å²) in [6.45, 7) is 0. The second-order valence-corrected chi connectivity index (χ2v) is 9.06. The van der Waals surface area contributed by atoms with Gasteiger partial charge in [-0.15, -0.1) is 0 Å². The van der Waals surface area contributed by atoms with Crippen LogP contribution in [0.4, 0.5) is 10.1 Å². The normalized spacial score (nSPS) is 20.5. The Bertz CT molecular complexity index is 1140. The second-order valence-electron chi connectivity index (χ2n) is 7.30. The van der Waals surface area contributed by atoms with E-state index in [4.69, 9.17) is 10.7 Å². The number of benzene rings is 3. The minimum Gasteiger partial charge on any atom is -0.337 e. The summed E-state index contributed by atoms with van der Waals surface area (Å²) in [5, 5.41) is 5.68. The van der Waals surface area contributed by atoms with Crippen molar-refractivity contribution in [1.82, 2.24) is 5.32 Å². The van der Waals surface area contributed by atoms with Crippen LogP contribution >= 0.6 is 10.7 Å². The average molecular weight is 457 g/mol. The summed E-state index contributed by atoms with van der Waals surface area (Å²) in [4.78, 5) is 26.5. The topological polar surface area (TPSA) is 75.3 Å². The number of hydrogen-bond acceptors (Lipinski definition) is 3. The van der Waals surface area contributed by atoms with Crippen molar-refractivity contribution in [3.05, 3.63) is 95.8 Å². The minimum absolute atomic E-state index is 0.201.